The molecular formula is C11H9BrClFN2O4S. The summed E-state index contributed by atoms with van der Waals surface area (Å²) in [5.74, 6) is -0.152. The first kappa shape index (κ1) is 16.2. The van der Waals surface area contributed by atoms with Crippen molar-refractivity contribution in [2.45, 2.75) is 24.8 Å². The topological polar surface area (TPSA) is 82.3 Å². The van der Waals surface area contributed by atoms with E-state index in [2.05, 4.69) is 26.1 Å². The molecule has 0 radical (unpaired) electrons. The SMILES string of the molecule is CCc1nc(COc2cc(F)c(S(=O)(=O)Cl)cc2Br)no1. The number of hydrogen-bond donors (Lipinski definition) is 0. The summed E-state index contributed by atoms with van der Waals surface area (Å²) in [7, 11) is 0.950. The van der Waals surface area contributed by atoms with E-state index in [1.165, 1.54) is 0 Å². The fraction of sp³-hybridized carbons (Fsp3) is 0.273. The molecular weight excluding hydrogens is 391 g/mol. The minimum atomic E-state index is -4.17. The molecule has 0 aliphatic rings. The molecule has 0 N–H and O–H groups in total. The summed E-state index contributed by atoms with van der Waals surface area (Å²) in [6, 6.07) is 1.95. The molecule has 0 saturated carbocycles. The summed E-state index contributed by atoms with van der Waals surface area (Å²) in [6.07, 6.45) is 0.591. The molecule has 21 heavy (non-hydrogen) atoms. The molecule has 1 aromatic heterocycles. The molecule has 2 rings (SSSR count). The second kappa shape index (κ2) is 6.29. The maximum absolute atomic E-state index is 13.7. The zero-order valence-corrected chi connectivity index (χ0v) is 13.8. The highest BCUT2D eigenvalue weighted by Gasteiger charge is 2.19. The van der Waals surface area contributed by atoms with Crippen LogP contribution in [-0.4, -0.2) is 18.6 Å². The van der Waals surface area contributed by atoms with Crippen molar-refractivity contribution in [3.05, 3.63) is 34.1 Å². The molecule has 1 aromatic carbocycles. The van der Waals surface area contributed by atoms with Crippen LogP contribution >= 0.6 is 26.6 Å². The largest absolute Gasteiger partial charge is 0.484 e. The monoisotopic (exact) mass is 398 g/mol. The van der Waals surface area contributed by atoms with Gasteiger partial charge in [0.2, 0.25) is 11.7 Å². The van der Waals surface area contributed by atoms with Gasteiger partial charge >= 0.3 is 0 Å². The Hall–Kier alpha value is -1.19. The maximum atomic E-state index is 13.7. The lowest BCUT2D eigenvalue weighted by Gasteiger charge is -2.08. The van der Waals surface area contributed by atoms with E-state index in [0.29, 0.717) is 18.1 Å². The van der Waals surface area contributed by atoms with Crippen LogP contribution in [0.15, 0.2) is 26.0 Å². The van der Waals surface area contributed by atoms with E-state index < -0.39 is 19.8 Å². The van der Waals surface area contributed by atoms with Crippen LogP contribution in [0.5, 0.6) is 5.75 Å². The van der Waals surface area contributed by atoms with Gasteiger partial charge in [-0.15, -0.1) is 0 Å². The minimum absolute atomic E-state index is 0.0471. The lowest BCUT2D eigenvalue weighted by Crippen LogP contribution is -2.01. The van der Waals surface area contributed by atoms with Gasteiger partial charge in [0.15, 0.2) is 6.61 Å². The summed E-state index contributed by atoms with van der Waals surface area (Å²) in [5, 5.41) is 3.67. The van der Waals surface area contributed by atoms with Crippen molar-refractivity contribution in [1.82, 2.24) is 10.1 Å². The third kappa shape index (κ3) is 3.92. The summed E-state index contributed by atoms with van der Waals surface area (Å²) in [5.41, 5.74) is 0. The van der Waals surface area contributed by atoms with Crippen LogP contribution in [0.3, 0.4) is 0 Å². The van der Waals surface area contributed by atoms with Gasteiger partial charge in [-0.25, -0.2) is 12.8 Å². The van der Waals surface area contributed by atoms with Gasteiger partial charge in [-0.05, 0) is 22.0 Å². The van der Waals surface area contributed by atoms with Crippen LogP contribution < -0.4 is 4.74 Å². The Morgan fingerprint density at radius 3 is 2.76 bits per heavy atom. The first-order chi connectivity index (χ1) is 9.81. The smallest absolute Gasteiger partial charge is 0.264 e. The number of ether oxygens (including phenoxy) is 1. The predicted octanol–water partition coefficient (Wildman–Crippen LogP) is 3.04. The molecule has 0 amide bonds. The van der Waals surface area contributed by atoms with E-state index in [1.807, 2.05) is 6.92 Å². The number of aryl methyl sites for hydroxylation is 1. The molecule has 0 aliphatic heterocycles. The number of nitrogens with zero attached hydrogens (tertiary/aromatic N) is 2. The molecule has 1 heterocycles. The van der Waals surface area contributed by atoms with E-state index >= 15 is 0 Å². The van der Waals surface area contributed by atoms with Gasteiger partial charge in [-0.2, -0.15) is 4.98 Å². The van der Waals surface area contributed by atoms with E-state index in [9.17, 15) is 12.8 Å². The summed E-state index contributed by atoms with van der Waals surface area (Å²) in [4.78, 5) is 3.40. The standard InChI is InChI=1S/C11H9BrClFN2O4S/c1-2-11-15-10(16-20-11)5-19-8-4-7(14)9(3-6(8)12)21(13,17)18/h3-4H,2,5H2,1H3. The van der Waals surface area contributed by atoms with Gasteiger partial charge in [-0.3, -0.25) is 0 Å². The van der Waals surface area contributed by atoms with Crippen molar-refractivity contribution in [3.63, 3.8) is 0 Å². The van der Waals surface area contributed by atoms with Crippen molar-refractivity contribution in [3.8, 4) is 5.75 Å². The molecule has 0 unspecified atom stereocenters. The molecule has 114 valence electrons. The van der Waals surface area contributed by atoms with Gasteiger partial charge in [-0.1, -0.05) is 12.1 Å². The third-order valence-corrected chi connectivity index (χ3v) is 4.38. The first-order valence-electron chi connectivity index (χ1n) is 5.69. The Morgan fingerprint density at radius 1 is 1.48 bits per heavy atom. The van der Waals surface area contributed by atoms with Crippen molar-refractivity contribution >= 4 is 35.7 Å². The van der Waals surface area contributed by atoms with Crippen LogP contribution in [0.25, 0.3) is 0 Å². The van der Waals surface area contributed by atoms with Gasteiger partial charge in [0.1, 0.15) is 16.5 Å². The molecule has 6 nitrogen and oxygen atoms in total. The fourth-order valence-corrected chi connectivity index (χ4v) is 2.96. The lowest BCUT2D eigenvalue weighted by molar-refractivity contribution is 0.282. The van der Waals surface area contributed by atoms with E-state index in [4.69, 9.17) is 19.9 Å². The molecule has 0 saturated heterocycles. The highest BCUT2D eigenvalue weighted by atomic mass is 79.9. The van der Waals surface area contributed by atoms with Crippen molar-refractivity contribution in [1.29, 1.82) is 0 Å². The average molecular weight is 400 g/mol. The average Bonchev–Trinajstić information content (AvgIpc) is 2.86. The third-order valence-electron chi connectivity index (χ3n) is 2.42. The number of benzene rings is 1. The van der Waals surface area contributed by atoms with Gasteiger partial charge < -0.3 is 9.26 Å². The predicted molar refractivity (Wildman–Crippen MR) is 75.1 cm³/mol. The Balaban J connectivity index is 2.19. The summed E-state index contributed by atoms with van der Waals surface area (Å²) >= 11 is 3.09. The number of rotatable bonds is 5. The number of hydrogen-bond acceptors (Lipinski definition) is 6. The molecule has 0 bridgehead atoms. The number of halogens is 3. The maximum Gasteiger partial charge on any atom is 0.264 e. The summed E-state index contributed by atoms with van der Waals surface area (Å²) < 4.78 is 46.5. The van der Waals surface area contributed by atoms with Crippen molar-refractivity contribution in [2.75, 3.05) is 0 Å². The molecule has 10 heteroatoms. The van der Waals surface area contributed by atoms with E-state index in [-0.39, 0.29) is 16.8 Å². The van der Waals surface area contributed by atoms with E-state index in [1.54, 1.807) is 0 Å². The zero-order valence-electron chi connectivity index (χ0n) is 10.6. The Labute approximate surface area is 132 Å². The van der Waals surface area contributed by atoms with Crippen LogP contribution in [0, 0.1) is 5.82 Å². The van der Waals surface area contributed by atoms with Gasteiger partial charge in [0.05, 0.1) is 4.47 Å². The molecule has 2 aromatic rings. The normalized spacial score (nSPS) is 11.6. The number of aromatic nitrogens is 2. The Kier molecular flexibility index (Phi) is 4.84. The van der Waals surface area contributed by atoms with Gasteiger partial charge in [0, 0.05) is 23.2 Å². The Bertz CT molecular complexity index is 766. The summed E-state index contributed by atoms with van der Waals surface area (Å²) in [6.45, 7) is 1.81. The molecule has 0 atom stereocenters. The minimum Gasteiger partial charge on any atom is -0.484 e. The second-order valence-corrected chi connectivity index (χ2v) is 7.29. The van der Waals surface area contributed by atoms with E-state index in [0.717, 1.165) is 12.1 Å². The van der Waals surface area contributed by atoms with Crippen molar-refractivity contribution < 1.29 is 22.1 Å². The molecule has 0 spiro atoms. The molecule has 0 aliphatic carbocycles. The van der Waals surface area contributed by atoms with Crippen LogP contribution in [0.1, 0.15) is 18.6 Å². The fourth-order valence-electron chi connectivity index (χ4n) is 1.44. The Morgan fingerprint density at radius 2 is 2.19 bits per heavy atom. The second-order valence-electron chi connectivity index (χ2n) is 3.90. The highest BCUT2D eigenvalue weighted by Crippen LogP contribution is 2.32. The van der Waals surface area contributed by atoms with Crippen LogP contribution in [0.4, 0.5) is 4.39 Å². The molecule has 0 fully saturated rings. The zero-order chi connectivity index (χ0) is 15.6. The van der Waals surface area contributed by atoms with Crippen LogP contribution in [-0.2, 0) is 22.1 Å². The first-order valence-corrected chi connectivity index (χ1v) is 8.79. The van der Waals surface area contributed by atoms with Crippen LogP contribution in [0.2, 0.25) is 0 Å². The van der Waals surface area contributed by atoms with Crippen molar-refractivity contribution in [2.24, 2.45) is 0 Å². The highest BCUT2D eigenvalue weighted by molar-refractivity contribution is 9.10. The lowest BCUT2D eigenvalue weighted by atomic mass is 10.3. The van der Waals surface area contributed by atoms with Gasteiger partial charge in [0.25, 0.3) is 9.05 Å². The quantitative estimate of drug-likeness (QED) is 0.719.